The fourth-order valence-corrected chi connectivity index (χ4v) is 2.75. The van der Waals surface area contributed by atoms with Crippen molar-refractivity contribution in [1.82, 2.24) is 10.2 Å². The number of hydrogen-bond donors (Lipinski definition) is 2. The first-order chi connectivity index (χ1) is 11.6. The molecule has 1 aromatic carbocycles. The lowest BCUT2D eigenvalue weighted by molar-refractivity contribution is -0.138. The average molecular weight is 414 g/mol. The van der Waals surface area contributed by atoms with Gasteiger partial charge in [-0.05, 0) is 37.2 Å². The van der Waals surface area contributed by atoms with Crippen LogP contribution in [0.5, 0.6) is 0 Å². The van der Waals surface area contributed by atoms with Crippen LogP contribution in [0.25, 0.3) is 0 Å². The van der Waals surface area contributed by atoms with Crippen LogP contribution in [0.1, 0.15) is 12.5 Å². The first-order valence-electron chi connectivity index (χ1n) is 7.72. The third-order valence-electron chi connectivity index (χ3n) is 4.22. The van der Waals surface area contributed by atoms with E-state index in [1.54, 1.807) is 6.92 Å². The first-order valence-corrected chi connectivity index (χ1v) is 8.09. The van der Waals surface area contributed by atoms with E-state index in [1.807, 2.05) is 0 Å². The molecule has 146 valence electrons. The molecule has 2 N–H and O–H groups in total. The van der Waals surface area contributed by atoms with Gasteiger partial charge in [0.05, 0.1) is 17.1 Å². The summed E-state index contributed by atoms with van der Waals surface area (Å²) >= 11 is 5.54. The lowest BCUT2D eigenvalue weighted by Crippen LogP contribution is -2.50. The van der Waals surface area contributed by atoms with Crippen molar-refractivity contribution in [3.8, 4) is 0 Å². The molecule has 1 aliphatic heterocycles. The Kier molecular flexibility index (Phi) is 7.73. The highest BCUT2D eigenvalue weighted by Gasteiger charge is 2.34. The van der Waals surface area contributed by atoms with Gasteiger partial charge in [-0.25, -0.2) is 0 Å². The lowest BCUT2D eigenvalue weighted by Gasteiger charge is -2.33. The maximum absolute atomic E-state index is 12.8. The van der Waals surface area contributed by atoms with Crippen molar-refractivity contribution >= 4 is 41.5 Å². The second-order valence-corrected chi connectivity index (χ2v) is 6.55. The fraction of sp³-hybridized carbons (Fsp3) is 0.500. The highest BCUT2D eigenvalue weighted by molar-refractivity contribution is 6.31. The molecule has 1 heterocycles. The molecule has 1 unspecified atom stereocenters. The van der Waals surface area contributed by atoms with Crippen molar-refractivity contribution in [3.05, 3.63) is 28.8 Å². The second-order valence-electron chi connectivity index (χ2n) is 6.14. The Bertz CT molecular complexity index is 667. The summed E-state index contributed by atoms with van der Waals surface area (Å²) in [6.07, 6.45) is -4.61. The summed E-state index contributed by atoms with van der Waals surface area (Å²) in [4.78, 5) is 25.5. The van der Waals surface area contributed by atoms with Crippen LogP contribution in [-0.2, 0) is 15.8 Å². The molecule has 1 fully saturated rings. The van der Waals surface area contributed by atoms with Crippen molar-refractivity contribution in [3.63, 3.8) is 0 Å². The molecule has 1 aliphatic rings. The Labute approximate surface area is 160 Å². The van der Waals surface area contributed by atoms with Gasteiger partial charge in [0.2, 0.25) is 11.8 Å². The summed E-state index contributed by atoms with van der Waals surface area (Å²) < 4.78 is 38.5. The number of hydrogen-bond acceptors (Lipinski definition) is 3. The van der Waals surface area contributed by atoms with Gasteiger partial charge < -0.3 is 15.5 Å². The number of benzene rings is 1. The summed E-state index contributed by atoms with van der Waals surface area (Å²) in [5.74, 6) is -0.728. The van der Waals surface area contributed by atoms with E-state index in [1.165, 1.54) is 18.0 Å². The van der Waals surface area contributed by atoms with Gasteiger partial charge in [-0.1, -0.05) is 18.5 Å². The Balaban J connectivity index is 0.00000338. The van der Waals surface area contributed by atoms with Crippen LogP contribution in [0.2, 0.25) is 5.02 Å². The molecule has 1 atom stereocenters. The normalized spacial score (nSPS) is 15.5. The van der Waals surface area contributed by atoms with Gasteiger partial charge in [0.25, 0.3) is 0 Å². The summed E-state index contributed by atoms with van der Waals surface area (Å²) in [6, 6.07) is 3.12. The minimum Gasteiger partial charge on any atom is -0.336 e. The quantitative estimate of drug-likeness (QED) is 0.779. The fourth-order valence-electron chi connectivity index (χ4n) is 2.53. The van der Waals surface area contributed by atoms with Gasteiger partial charge in [0.1, 0.15) is 0 Å². The molecular weight excluding hydrogens is 394 g/mol. The minimum absolute atomic E-state index is 0. The molecule has 0 aromatic heterocycles. The van der Waals surface area contributed by atoms with E-state index in [-0.39, 0.29) is 42.4 Å². The van der Waals surface area contributed by atoms with Gasteiger partial charge in [-0.15, -0.1) is 12.4 Å². The van der Waals surface area contributed by atoms with Crippen LogP contribution >= 0.6 is 24.0 Å². The predicted molar refractivity (Wildman–Crippen MR) is 95.5 cm³/mol. The standard InChI is InChI=1S/C16H19ClF3N3O2.ClH/c1-9(10-6-21-7-10)15(25)23(2)8-14(24)22-11-3-4-13(17)12(5-11)16(18,19)20;/h3-5,9-10,21H,6-8H2,1-2H3,(H,22,24);1H. The second kappa shape index (κ2) is 8.92. The number of alkyl halides is 3. The molecule has 10 heteroatoms. The number of halogens is 5. The van der Waals surface area contributed by atoms with E-state index in [4.69, 9.17) is 11.6 Å². The van der Waals surface area contributed by atoms with Crippen molar-refractivity contribution in [2.45, 2.75) is 13.1 Å². The number of likely N-dealkylation sites (N-methyl/N-ethyl adjacent to an activating group) is 1. The molecule has 1 saturated heterocycles. The van der Waals surface area contributed by atoms with Crippen molar-refractivity contribution in [2.75, 3.05) is 32.0 Å². The molecule has 0 saturated carbocycles. The predicted octanol–water partition coefficient (Wildman–Crippen LogP) is 3.03. The van der Waals surface area contributed by atoms with E-state index in [0.717, 1.165) is 25.2 Å². The Morgan fingerprint density at radius 1 is 1.38 bits per heavy atom. The van der Waals surface area contributed by atoms with E-state index in [0.29, 0.717) is 0 Å². The largest absolute Gasteiger partial charge is 0.417 e. The lowest BCUT2D eigenvalue weighted by atomic mass is 9.88. The molecule has 0 spiro atoms. The van der Waals surface area contributed by atoms with Crippen LogP contribution < -0.4 is 10.6 Å². The van der Waals surface area contributed by atoms with Crippen molar-refractivity contribution in [1.29, 1.82) is 0 Å². The Hall–Kier alpha value is -1.51. The van der Waals surface area contributed by atoms with E-state index >= 15 is 0 Å². The van der Waals surface area contributed by atoms with Gasteiger partial charge in [-0.3, -0.25) is 9.59 Å². The number of anilines is 1. The number of rotatable bonds is 5. The SMILES string of the molecule is CC(C(=O)N(C)CC(=O)Nc1ccc(Cl)c(C(F)(F)F)c1)C1CNC1.Cl. The van der Waals surface area contributed by atoms with Gasteiger partial charge >= 0.3 is 6.18 Å². The van der Waals surface area contributed by atoms with E-state index < -0.39 is 22.7 Å². The Morgan fingerprint density at radius 2 is 2.00 bits per heavy atom. The summed E-state index contributed by atoms with van der Waals surface area (Å²) in [5.41, 5.74) is -1.05. The molecule has 2 amide bonds. The van der Waals surface area contributed by atoms with Crippen LogP contribution in [0.15, 0.2) is 18.2 Å². The molecule has 2 rings (SSSR count). The van der Waals surface area contributed by atoms with Crippen molar-refractivity contribution in [2.24, 2.45) is 11.8 Å². The first kappa shape index (κ1) is 22.5. The van der Waals surface area contributed by atoms with Crippen molar-refractivity contribution < 1.29 is 22.8 Å². The smallest absolute Gasteiger partial charge is 0.336 e. The summed E-state index contributed by atoms with van der Waals surface area (Å²) in [5, 5.41) is 4.99. The molecule has 0 bridgehead atoms. The van der Waals surface area contributed by atoms with Gasteiger partial charge in [0, 0.05) is 18.7 Å². The van der Waals surface area contributed by atoms with Gasteiger partial charge in [-0.2, -0.15) is 13.2 Å². The Morgan fingerprint density at radius 3 is 2.50 bits per heavy atom. The van der Waals surface area contributed by atoms with E-state index in [2.05, 4.69) is 10.6 Å². The molecule has 0 aliphatic carbocycles. The molecule has 5 nitrogen and oxygen atoms in total. The maximum Gasteiger partial charge on any atom is 0.417 e. The van der Waals surface area contributed by atoms with E-state index in [9.17, 15) is 22.8 Å². The number of carbonyl (C=O) groups excluding carboxylic acids is 2. The zero-order chi connectivity index (χ0) is 18.8. The molecular formula is C16H20Cl2F3N3O2. The van der Waals surface area contributed by atoms with Crippen LogP contribution in [0.4, 0.5) is 18.9 Å². The highest BCUT2D eigenvalue weighted by Crippen LogP contribution is 2.36. The van der Waals surface area contributed by atoms with Crippen LogP contribution in [-0.4, -0.2) is 43.4 Å². The zero-order valence-electron chi connectivity index (χ0n) is 14.2. The molecule has 26 heavy (non-hydrogen) atoms. The molecule has 0 radical (unpaired) electrons. The zero-order valence-corrected chi connectivity index (χ0v) is 15.8. The maximum atomic E-state index is 12.8. The third kappa shape index (κ3) is 5.49. The number of carbonyl (C=O) groups is 2. The van der Waals surface area contributed by atoms with Gasteiger partial charge in [0.15, 0.2) is 0 Å². The summed E-state index contributed by atoms with van der Waals surface area (Å²) in [7, 11) is 1.49. The number of amides is 2. The number of nitrogens with zero attached hydrogens (tertiary/aromatic N) is 1. The van der Waals surface area contributed by atoms with Crippen LogP contribution in [0, 0.1) is 11.8 Å². The minimum atomic E-state index is -4.61. The topological polar surface area (TPSA) is 61.4 Å². The monoisotopic (exact) mass is 413 g/mol. The summed E-state index contributed by atoms with van der Waals surface area (Å²) in [6.45, 7) is 3.08. The van der Waals surface area contributed by atoms with Crippen LogP contribution in [0.3, 0.4) is 0 Å². The average Bonchev–Trinajstić information content (AvgIpc) is 2.45. The third-order valence-corrected chi connectivity index (χ3v) is 4.55. The highest BCUT2D eigenvalue weighted by atomic mass is 35.5. The number of nitrogens with one attached hydrogen (secondary N) is 2. The molecule has 1 aromatic rings.